The van der Waals surface area contributed by atoms with Crippen LogP contribution in [0.4, 0.5) is 0 Å². The van der Waals surface area contributed by atoms with Crippen LogP contribution in [-0.4, -0.2) is 31.8 Å². The van der Waals surface area contributed by atoms with Gasteiger partial charge in [0, 0.05) is 25.7 Å². The Labute approximate surface area is 81.0 Å². The molecule has 3 N–H and O–H groups in total. The number of hydrogen-bond donors (Lipinski definition) is 2. The molecule has 2 unspecified atom stereocenters. The van der Waals surface area contributed by atoms with Crippen molar-refractivity contribution in [2.75, 3.05) is 19.7 Å². The summed E-state index contributed by atoms with van der Waals surface area (Å²) in [5, 5.41) is 3.45. The molecule has 3 nitrogen and oxygen atoms in total. The minimum atomic E-state index is 0.434. The van der Waals surface area contributed by atoms with Gasteiger partial charge in [-0.3, -0.25) is 0 Å². The van der Waals surface area contributed by atoms with Crippen molar-refractivity contribution in [1.29, 1.82) is 0 Å². The maximum atomic E-state index is 5.68. The van der Waals surface area contributed by atoms with Crippen molar-refractivity contribution in [2.45, 2.75) is 38.8 Å². The highest BCUT2D eigenvalue weighted by atomic mass is 16.5. The summed E-state index contributed by atoms with van der Waals surface area (Å²) in [5.74, 6) is 0.627. The van der Waals surface area contributed by atoms with Crippen LogP contribution in [0.25, 0.3) is 0 Å². The smallest absolute Gasteiger partial charge is 0.0612 e. The van der Waals surface area contributed by atoms with Gasteiger partial charge >= 0.3 is 0 Å². The highest BCUT2D eigenvalue weighted by Crippen LogP contribution is 2.19. The molecule has 0 bridgehead atoms. The molecule has 3 heteroatoms. The van der Waals surface area contributed by atoms with E-state index in [2.05, 4.69) is 19.2 Å². The summed E-state index contributed by atoms with van der Waals surface area (Å²) in [7, 11) is 0. The fourth-order valence-corrected chi connectivity index (χ4v) is 1.77. The van der Waals surface area contributed by atoms with Gasteiger partial charge in [-0.25, -0.2) is 0 Å². The van der Waals surface area contributed by atoms with E-state index in [1.54, 1.807) is 0 Å². The van der Waals surface area contributed by atoms with Crippen LogP contribution in [0.15, 0.2) is 0 Å². The third kappa shape index (κ3) is 3.63. The molecule has 0 aromatic rings. The molecule has 0 aromatic carbocycles. The van der Waals surface area contributed by atoms with E-state index in [9.17, 15) is 0 Å². The van der Waals surface area contributed by atoms with Crippen molar-refractivity contribution >= 4 is 0 Å². The second-order valence-electron chi connectivity index (χ2n) is 4.12. The van der Waals surface area contributed by atoms with Gasteiger partial charge in [-0.15, -0.1) is 0 Å². The fraction of sp³-hybridized carbons (Fsp3) is 1.00. The van der Waals surface area contributed by atoms with Gasteiger partial charge in [-0.1, -0.05) is 13.8 Å². The zero-order chi connectivity index (χ0) is 9.68. The highest BCUT2D eigenvalue weighted by molar-refractivity contribution is 4.78. The van der Waals surface area contributed by atoms with Crippen molar-refractivity contribution < 1.29 is 4.74 Å². The standard InChI is InChI=1S/C10H22N2O/c1-8(2)10-7-9(3-6-13-10)12-5-4-11/h8-10,12H,3-7,11H2,1-2H3. The number of ether oxygens (including phenoxy) is 1. The van der Waals surface area contributed by atoms with Gasteiger partial charge in [0.05, 0.1) is 6.10 Å². The van der Waals surface area contributed by atoms with E-state index in [1.807, 2.05) is 0 Å². The molecule has 78 valence electrons. The molecule has 1 rings (SSSR count). The first-order chi connectivity index (χ1) is 6.24. The van der Waals surface area contributed by atoms with Crippen LogP contribution in [-0.2, 0) is 4.74 Å². The molecule has 0 amide bonds. The Morgan fingerprint density at radius 3 is 2.92 bits per heavy atom. The van der Waals surface area contributed by atoms with E-state index in [-0.39, 0.29) is 0 Å². The van der Waals surface area contributed by atoms with Crippen LogP contribution in [0.2, 0.25) is 0 Å². The second-order valence-corrected chi connectivity index (χ2v) is 4.12. The molecule has 1 aliphatic rings. The Kier molecular flexibility index (Phi) is 4.70. The number of rotatable bonds is 4. The van der Waals surface area contributed by atoms with Crippen molar-refractivity contribution in [3.05, 3.63) is 0 Å². The summed E-state index contributed by atoms with van der Waals surface area (Å²) < 4.78 is 5.68. The van der Waals surface area contributed by atoms with E-state index in [0.29, 0.717) is 18.1 Å². The molecule has 1 heterocycles. The largest absolute Gasteiger partial charge is 0.378 e. The third-order valence-electron chi connectivity index (χ3n) is 2.64. The van der Waals surface area contributed by atoms with Crippen LogP contribution in [0.5, 0.6) is 0 Å². The Bertz CT molecular complexity index is 139. The zero-order valence-corrected chi connectivity index (χ0v) is 8.75. The fourth-order valence-electron chi connectivity index (χ4n) is 1.77. The van der Waals surface area contributed by atoms with Crippen LogP contribution in [0.3, 0.4) is 0 Å². The van der Waals surface area contributed by atoms with Gasteiger partial charge in [0.25, 0.3) is 0 Å². The van der Waals surface area contributed by atoms with Crippen molar-refractivity contribution in [3.63, 3.8) is 0 Å². The summed E-state index contributed by atoms with van der Waals surface area (Å²) in [6.07, 6.45) is 2.70. The van der Waals surface area contributed by atoms with Crippen molar-refractivity contribution in [3.8, 4) is 0 Å². The Balaban J connectivity index is 2.25. The van der Waals surface area contributed by atoms with Crippen LogP contribution in [0.1, 0.15) is 26.7 Å². The topological polar surface area (TPSA) is 47.3 Å². The van der Waals surface area contributed by atoms with Crippen LogP contribution >= 0.6 is 0 Å². The first-order valence-electron chi connectivity index (χ1n) is 5.29. The minimum absolute atomic E-state index is 0.434. The molecule has 0 saturated carbocycles. The van der Waals surface area contributed by atoms with Gasteiger partial charge in [0.2, 0.25) is 0 Å². The molecule has 1 fully saturated rings. The molecule has 0 aromatic heterocycles. The number of hydrogen-bond acceptors (Lipinski definition) is 3. The van der Waals surface area contributed by atoms with E-state index >= 15 is 0 Å². The van der Waals surface area contributed by atoms with E-state index < -0.39 is 0 Å². The molecule has 0 radical (unpaired) electrons. The summed E-state index contributed by atoms with van der Waals surface area (Å²) in [4.78, 5) is 0. The lowest BCUT2D eigenvalue weighted by Crippen LogP contribution is -2.42. The third-order valence-corrected chi connectivity index (χ3v) is 2.64. The van der Waals surface area contributed by atoms with E-state index in [4.69, 9.17) is 10.5 Å². The van der Waals surface area contributed by atoms with Crippen LogP contribution < -0.4 is 11.1 Å². The summed E-state index contributed by atoms with van der Waals surface area (Å²) in [6, 6.07) is 0.615. The van der Waals surface area contributed by atoms with Gasteiger partial charge in [0.1, 0.15) is 0 Å². The highest BCUT2D eigenvalue weighted by Gasteiger charge is 2.23. The first kappa shape index (κ1) is 11.0. The Hall–Kier alpha value is -0.120. The zero-order valence-electron chi connectivity index (χ0n) is 8.75. The van der Waals surface area contributed by atoms with Gasteiger partial charge in [-0.2, -0.15) is 0 Å². The van der Waals surface area contributed by atoms with E-state index in [0.717, 1.165) is 32.5 Å². The Morgan fingerprint density at radius 1 is 1.54 bits per heavy atom. The maximum Gasteiger partial charge on any atom is 0.0612 e. The van der Waals surface area contributed by atoms with E-state index in [1.165, 1.54) is 0 Å². The summed E-state index contributed by atoms with van der Waals surface area (Å²) >= 11 is 0. The molecule has 1 aliphatic heterocycles. The quantitative estimate of drug-likeness (QED) is 0.680. The molecule has 0 aliphatic carbocycles. The van der Waals surface area contributed by atoms with Gasteiger partial charge in [-0.05, 0) is 18.8 Å². The maximum absolute atomic E-state index is 5.68. The molecular weight excluding hydrogens is 164 g/mol. The monoisotopic (exact) mass is 186 g/mol. The lowest BCUT2D eigenvalue weighted by atomic mass is 9.95. The van der Waals surface area contributed by atoms with Crippen molar-refractivity contribution in [2.24, 2.45) is 11.7 Å². The molecule has 13 heavy (non-hydrogen) atoms. The average Bonchev–Trinajstić information content (AvgIpc) is 2.15. The predicted octanol–water partition coefficient (Wildman–Crippen LogP) is 0.738. The second kappa shape index (κ2) is 5.58. The Morgan fingerprint density at radius 2 is 2.31 bits per heavy atom. The lowest BCUT2D eigenvalue weighted by Gasteiger charge is -2.32. The number of nitrogens with two attached hydrogens (primary N) is 1. The first-order valence-corrected chi connectivity index (χ1v) is 5.29. The molecule has 0 spiro atoms. The SMILES string of the molecule is CC(C)C1CC(NCCN)CCO1. The summed E-state index contributed by atoms with van der Waals surface area (Å²) in [5.41, 5.74) is 5.45. The van der Waals surface area contributed by atoms with Gasteiger partial charge < -0.3 is 15.8 Å². The molecule has 2 atom stereocenters. The molecular formula is C10H22N2O. The van der Waals surface area contributed by atoms with Gasteiger partial charge in [0.15, 0.2) is 0 Å². The lowest BCUT2D eigenvalue weighted by molar-refractivity contribution is -0.0241. The minimum Gasteiger partial charge on any atom is -0.378 e. The summed E-state index contributed by atoms with van der Waals surface area (Å²) in [6.45, 7) is 6.98. The normalized spacial score (nSPS) is 29.5. The predicted molar refractivity (Wildman–Crippen MR) is 54.7 cm³/mol. The van der Waals surface area contributed by atoms with Crippen LogP contribution in [0, 0.1) is 5.92 Å². The van der Waals surface area contributed by atoms with Crippen molar-refractivity contribution in [1.82, 2.24) is 5.32 Å². The number of nitrogens with one attached hydrogen (secondary N) is 1. The molecule has 1 saturated heterocycles. The average molecular weight is 186 g/mol.